The van der Waals surface area contributed by atoms with Crippen LogP contribution in [-0.2, 0) is 4.66 Å². The largest absolute Gasteiger partial charge is 0.454 e. The van der Waals surface area contributed by atoms with E-state index in [9.17, 15) is 0 Å². The first-order chi connectivity index (χ1) is 37.5. The van der Waals surface area contributed by atoms with Crippen molar-refractivity contribution in [2.75, 3.05) is 9.80 Å². The van der Waals surface area contributed by atoms with Gasteiger partial charge in [-0.3, -0.25) is 0 Å². The summed E-state index contributed by atoms with van der Waals surface area (Å²) in [6, 6.07) is 77.2. The number of fused-ring (bicyclic) bond motifs is 15. The maximum Gasteiger partial charge on any atom is 0.159 e. The van der Waals surface area contributed by atoms with Crippen LogP contribution in [0.5, 0.6) is 0 Å². The lowest BCUT2D eigenvalue weighted by atomic mass is 9.90. The first-order valence-corrected chi connectivity index (χ1v) is 38.2. The van der Waals surface area contributed by atoms with Crippen molar-refractivity contribution in [1.29, 1.82) is 0 Å². The molecule has 0 radical (unpaired) electrons. The maximum atomic E-state index is 6.81. The lowest BCUT2D eigenvalue weighted by Crippen LogP contribution is -2.63. The number of anilines is 6. The minimum Gasteiger partial charge on any atom is -0.454 e. The predicted molar refractivity (Wildman–Crippen MR) is 344 cm³/mol. The highest BCUT2D eigenvalue weighted by Crippen LogP contribution is 2.63. The molecule has 0 N–H and O–H groups in total. The smallest absolute Gasteiger partial charge is 0.159 e. The number of nitrogens with zero attached hydrogens (tertiary/aromatic N) is 2. The highest BCUT2D eigenvalue weighted by atomic mass is 28.4. The van der Waals surface area contributed by atoms with E-state index in [4.69, 9.17) is 8.83 Å². The minimum atomic E-state index is -2.19. The average Bonchev–Trinajstić information content (AvgIpc) is 2.75. The van der Waals surface area contributed by atoms with Crippen molar-refractivity contribution in [2.45, 2.75) is 70.5 Å². The van der Waals surface area contributed by atoms with Crippen LogP contribution in [0.1, 0.15) is 16.7 Å². The van der Waals surface area contributed by atoms with Gasteiger partial charge >= 0.3 is 0 Å². The number of rotatable bonds is 9. The van der Waals surface area contributed by atoms with Crippen LogP contribution in [0.25, 0.3) is 87.3 Å². The van der Waals surface area contributed by atoms with Crippen molar-refractivity contribution in [1.82, 2.24) is 0 Å². The SMILES string of the molecule is Cc1ccc(N(c2ccc3c4c(c5ccccc5c3c2)-c2cc3ccc(N(c5ccc([Si](C)(C)C)cc5)c5cccc6c5oc5ccccc56)cc3cc2C4([Si](C)(C)C)[Si](C)(C)C)c2cccc3c2oc2ccccc23)cc1. The molecule has 1 aliphatic carbocycles. The molecule has 0 amide bonds. The zero-order valence-electron chi connectivity index (χ0n) is 46.3. The summed E-state index contributed by atoms with van der Waals surface area (Å²) in [6.07, 6.45) is 0. The molecule has 0 spiro atoms. The Morgan fingerprint density at radius 2 is 0.859 bits per heavy atom. The van der Waals surface area contributed by atoms with Crippen LogP contribution >= 0.6 is 0 Å². The van der Waals surface area contributed by atoms with E-state index in [-0.39, 0.29) is 4.66 Å². The van der Waals surface area contributed by atoms with Crippen LogP contribution in [0.15, 0.2) is 215 Å². The Labute approximate surface area is 460 Å². The fourth-order valence-corrected chi connectivity index (χ4v) is 28.4. The van der Waals surface area contributed by atoms with Gasteiger partial charge in [0.1, 0.15) is 11.2 Å². The van der Waals surface area contributed by atoms with E-state index < -0.39 is 24.2 Å². The Balaban J connectivity index is 1.01. The van der Waals surface area contributed by atoms with Crippen molar-refractivity contribution in [2.24, 2.45) is 0 Å². The molecule has 78 heavy (non-hydrogen) atoms. The summed E-state index contributed by atoms with van der Waals surface area (Å²) in [4.78, 5) is 4.84. The van der Waals surface area contributed by atoms with Crippen LogP contribution in [0.4, 0.5) is 34.1 Å². The van der Waals surface area contributed by atoms with Crippen LogP contribution in [0, 0.1) is 6.92 Å². The van der Waals surface area contributed by atoms with Crippen molar-refractivity contribution < 1.29 is 8.83 Å². The van der Waals surface area contributed by atoms with E-state index in [1.54, 1.807) is 0 Å². The van der Waals surface area contributed by atoms with Gasteiger partial charge in [0.2, 0.25) is 0 Å². The maximum absolute atomic E-state index is 6.81. The monoisotopic (exact) mass is 1060 g/mol. The van der Waals surface area contributed by atoms with Crippen molar-refractivity contribution in [3.05, 3.63) is 223 Å². The Kier molecular flexibility index (Phi) is 10.7. The van der Waals surface area contributed by atoms with E-state index in [2.05, 4.69) is 282 Å². The predicted octanol–water partition coefficient (Wildman–Crippen LogP) is 20.8. The van der Waals surface area contributed by atoms with Gasteiger partial charge < -0.3 is 18.6 Å². The summed E-state index contributed by atoms with van der Waals surface area (Å²) in [5, 5.41) is 13.7. The number of benzene rings is 11. The molecule has 4 nitrogen and oxygen atoms in total. The third-order valence-corrected chi connectivity index (χ3v) is 29.4. The van der Waals surface area contributed by atoms with Gasteiger partial charge in [-0.05, 0) is 140 Å². The molecule has 7 heteroatoms. The van der Waals surface area contributed by atoms with Crippen molar-refractivity contribution >= 4 is 140 Å². The molecular formula is C71H64N2O2Si3. The highest BCUT2D eigenvalue weighted by Gasteiger charge is 2.60. The normalized spacial score (nSPS) is 13.6. The molecule has 0 fully saturated rings. The number of aryl methyl sites for hydroxylation is 1. The summed E-state index contributed by atoms with van der Waals surface area (Å²) in [6.45, 7) is 25.3. The molecule has 1 aliphatic rings. The van der Waals surface area contributed by atoms with Crippen molar-refractivity contribution in [3.8, 4) is 11.1 Å². The van der Waals surface area contributed by atoms with Gasteiger partial charge in [0.05, 0.1) is 35.6 Å². The van der Waals surface area contributed by atoms with E-state index >= 15 is 0 Å². The third-order valence-electron chi connectivity index (χ3n) is 17.3. The van der Waals surface area contributed by atoms with Gasteiger partial charge in [-0.1, -0.05) is 197 Å². The van der Waals surface area contributed by atoms with Gasteiger partial charge in [0.25, 0.3) is 0 Å². The van der Waals surface area contributed by atoms with E-state index in [0.717, 1.165) is 78.0 Å². The van der Waals surface area contributed by atoms with Gasteiger partial charge in [0.15, 0.2) is 11.2 Å². The molecule has 2 heterocycles. The van der Waals surface area contributed by atoms with E-state index in [1.807, 2.05) is 0 Å². The molecule has 0 atom stereocenters. The van der Waals surface area contributed by atoms with Gasteiger partial charge in [-0.25, -0.2) is 0 Å². The molecule has 2 aromatic heterocycles. The van der Waals surface area contributed by atoms with Crippen LogP contribution < -0.4 is 15.0 Å². The Morgan fingerprint density at radius 1 is 0.372 bits per heavy atom. The van der Waals surface area contributed by atoms with Crippen molar-refractivity contribution in [3.63, 3.8) is 0 Å². The van der Waals surface area contributed by atoms with E-state index in [0.29, 0.717) is 0 Å². The first kappa shape index (κ1) is 48.4. The molecule has 0 unspecified atom stereocenters. The summed E-state index contributed by atoms with van der Waals surface area (Å²) >= 11 is 0. The quantitative estimate of drug-likeness (QED) is 0.107. The Bertz CT molecular complexity index is 4570. The molecule has 0 aliphatic heterocycles. The number of hydrogen-bond donors (Lipinski definition) is 0. The second kappa shape index (κ2) is 17.3. The standard InChI is InChI=1S/C71H64N2O2Si3/c1-45-29-32-48(33-30-45)73(64-26-18-24-59-55-21-14-16-28-66(55)75-70(59)64)51-37-40-57-60(44-51)53-19-11-12-22-56(53)67-61-42-46-31-34-50(41-47(46)43-62(61)71(68(57)67,77(5,6)7)78(8,9)10)72(49-35-38-52(39-36-49)76(2,3)4)63-25-17-23-58-54-20-13-15-27-65(54)74-69(58)63/h11-44H,1-10H3. The molecule has 0 saturated carbocycles. The highest BCUT2D eigenvalue weighted by molar-refractivity contribution is 7.00. The number of para-hydroxylation sites is 4. The minimum absolute atomic E-state index is 0.151. The molecule has 0 bridgehead atoms. The fourth-order valence-electron chi connectivity index (χ4n) is 14.2. The lowest BCUT2D eigenvalue weighted by Gasteiger charge is -2.51. The number of hydrogen-bond acceptors (Lipinski definition) is 4. The fraction of sp³-hybridized carbons (Fsp3) is 0.155. The molecular weight excluding hydrogens is 997 g/mol. The van der Waals surface area contributed by atoms with Gasteiger partial charge in [-0.15, -0.1) is 0 Å². The second-order valence-electron chi connectivity index (χ2n) is 25.0. The molecule has 11 aromatic carbocycles. The summed E-state index contributed by atoms with van der Waals surface area (Å²) in [7, 11) is -5.93. The van der Waals surface area contributed by atoms with Crippen LogP contribution in [0.2, 0.25) is 58.9 Å². The zero-order valence-corrected chi connectivity index (χ0v) is 49.3. The molecule has 13 aromatic rings. The summed E-state index contributed by atoms with van der Waals surface area (Å²) < 4.78 is 13.4. The van der Waals surface area contributed by atoms with Gasteiger partial charge in [0, 0.05) is 49.0 Å². The zero-order chi connectivity index (χ0) is 53.6. The Morgan fingerprint density at radius 3 is 1.42 bits per heavy atom. The number of furan rings is 2. The first-order valence-electron chi connectivity index (χ1n) is 27.7. The average molecular weight is 1060 g/mol. The summed E-state index contributed by atoms with van der Waals surface area (Å²) in [5.74, 6) is 0. The Hall–Kier alpha value is -7.95. The summed E-state index contributed by atoms with van der Waals surface area (Å²) in [5.41, 5.74) is 17.1. The third kappa shape index (κ3) is 7.14. The molecule has 0 saturated heterocycles. The van der Waals surface area contributed by atoms with Crippen LogP contribution in [-0.4, -0.2) is 24.2 Å². The van der Waals surface area contributed by atoms with Gasteiger partial charge in [-0.2, -0.15) is 0 Å². The molecule has 14 rings (SSSR count). The molecule has 382 valence electrons. The van der Waals surface area contributed by atoms with E-state index in [1.165, 1.54) is 65.3 Å². The lowest BCUT2D eigenvalue weighted by molar-refractivity contribution is 0.668. The topological polar surface area (TPSA) is 32.8 Å². The second-order valence-corrected chi connectivity index (χ2v) is 41.1. The van der Waals surface area contributed by atoms with Crippen LogP contribution in [0.3, 0.4) is 0 Å².